The third-order valence-corrected chi connectivity index (χ3v) is 2.68. The van der Waals surface area contributed by atoms with Crippen molar-refractivity contribution < 1.29 is 13.2 Å². The first-order valence-electron chi connectivity index (χ1n) is 4.66. The zero-order chi connectivity index (χ0) is 12.3. The lowest BCUT2D eigenvalue weighted by molar-refractivity contribution is -0.140. The lowest BCUT2D eigenvalue weighted by Gasteiger charge is -2.02. The van der Waals surface area contributed by atoms with Crippen molar-refractivity contribution in [1.29, 1.82) is 0 Å². The van der Waals surface area contributed by atoms with Gasteiger partial charge >= 0.3 is 6.18 Å². The van der Waals surface area contributed by atoms with Gasteiger partial charge in [0.2, 0.25) is 0 Å². The molecule has 0 aliphatic heterocycles. The average molecular weight is 263 g/mol. The Morgan fingerprint density at radius 1 is 1.41 bits per heavy atom. The Kier molecular flexibility index (Phi) is 3.27. The molecule has 0 saturated carbocycles. The predicted octanol–water partition coefficient (Wildman–Crippen LogP) is 1.87. The van der Waals surface area contributed by atoms with Crippen molar-refractivity contribution in [2.75, 3.05) is 11.9 Å². The first-order valence-corrected chi connectivity index (χ1v) is 5.54. The zero-order valence-corrected chi connectivity index (χ0v) is 9.29. The lowest BCUT2D eigenvalue weighted by atomic mass is 10.5. The number of alkyl halides is 3. The molecular formula is C8H8F3N5S. The predicted molar refractivity (Wildman–Crippen MR) is 55.6 cm³/mol. The molecular weight excluding hydrogens is 255 g/mol. The molecule has 92 valence electrons. The second kappa shape index (κ2) is 4.70. The van der Waals surface area contributed by atoms with E-state index in [1.54, 1.807) is 10.9 Å². The smallest absolute Gasteiger partial charge is 0.360 e. The standard InChI is InChI=1S/C8H8F3N5S/c9-8(10,11)6-5-17-7(14-6)12-1-3-16-4-2-13-15-16/h2,4-5H,1,3H2,(H,12,14). The highest BCUT2D eigenvalue weighted by molar-refractivity contribution is 7.13. The molecule has 2 aromatic rings. The van der Waals surface area contributed by atoms with Gasteiger partial charge in [-0.1, -0.05) is 5.21 Å². The van der Waals surface area contributed by atoms with Crippen LogP contribution in [0.25, 0.3) is 0 Å². The third kappa shape index (κ3) is 3.16. The molecule has 2 aromatic heterocycles. The number of aromatic nitrogens is 4. The molecule has 0 atom stereocenters. The average Bonchev–Trinajstić information content (AvgIpc) is 2.86. The van der Waals surface area contributed by atoms with Crippen LogP contribution in [0.2, 0.25) is 0 Å². The molecule has 0 aliphatic rings. The van der Waals surface area contributed by atoms with Crippen molar-refractivity contribution >= 4 is 16.5 Å². The van der Waals surface area contributed by atoms with Crippen molar-refractivity contribution in [3.63, 3.8) is 0 Å². The minimum atomic E-state index is -4.39. The van der Waals surface area contributed by atoms with Gasteiger partial charge in [0.1, 0.15) is 0 Å². The van der Waals surface area contributed by atoms with Gasteiger partial charge in [0, 0.05) is 18.1 Å². The molecule has 1 N–H and O–H groups in total. The quantitative estimate of drug-likeness (QED) is 0.914. The van der Waals surface area contributed by atoms with Crippen LogP contribution in [-0.4, -0.2) is 26.5 Å². The Bertz CT molecular complexity index is 464. The van der Waals surface area contributed by atoms with Crippen LogP contribution in [0.4, 0.5) is 18.3 Å². The van der Waals surface area contributed by atoms with Gasteiger partial charge in [0.25, 0.3) is 0 Å². The number of halogens is 3. The first-order chi connectivity index (χ1) is 8.05. The summed E-state index contributed by atoms with van der Waals surface area (Å²) in [5, 5.41) is 11.4. The number of rotatable bonds is 4. The summed E-state index contributed by atoms with van der Waals surface area (Å²) in [5.41, 5.74) is -0.870. The highest BCUT2D eigenvalue weighted by Gasteiger charge is 2.33. The summed E-state index contributed by atoms with van der Waals surface area (Å²) in [6.45, 7) is 0.953. The van der Waals surface area contributed by atoms with Crippen molar-refractivity contribution in [3.05, 3.63) is 23.5 Å². The molecule has 0 aromatic carbocycles. The number of anilines is 1. The fourth-order valence-corrected chi connectivity index (χ4v) is 1.86. The van der Waals surface area contributed by atoms with Crippen molar-refractivity contribution in [3.8, 4) is 0 Å². The summed E-state index contributed by atoms with van der Waals surface area (Å²) in [7, 11) is 0. The van der Waals surface area contributed by atoms with Crippen LogP contribution in [0.3, 0.4) is 0 Å². The molecule has 0 aliphatic carbocycles. The topological polar surface area (TPSA) is 55.6 Å². The molecule has 0 bridgehead atoms. The first kappa shape index (κ1) is 11.8. The van der Waals surface area contributed by atoms with Crippen LogP contribution in [0.5, 0.6) is 0 Å². The van der Waals surface area contributed by atoms with Crippen LogP contribution in [0.15, 0.2) is 17.8 Å². The molecule has 0 spiro atoms. The van der Waals surface area contributed by atoms with E-state index >= 15 is 0 Å². The molecule has 0 amide bonds. The van der Waals surface area contributed by atoms with E-state index in [9.17, 15) is 13.2 Å². The number of nitrogens with zero attached hydrogens (tertiary/aromatic N) is 4. The third-order valence-electron chi connectivity index (χ3n) is 1.88. The second-order valence-electron chi connectivity index (χ2n) is 3.13. The second-order valence-corrected chi connectivity index (χ2v) is 3.99. The van der Waals surface area contributed by atoms with Gasteiger partial charge < -0.3 is 5.32 Å². The van der Waals surface area contributed by atoms with E-state index in [2.05, 4.69) is 20.6 Å². The van der Waals surface area contributed by atoms with Crippen LogP contribution in [0.1, 0.15) is 5.69 Å². The monoisotopic (exact) mass is 263 g/mol. The SMILES string of the molecule is FC(F)(F)c1csc(NCCn2ccnn2)n1. The Morgan fingerprint density at radius 2 is 2.24 bits per heavy atom. The molecule has 0 unspecified atom stereocenters. The summed E-state index contributed by atoms with van der Waals surface area (Å²) in [5.74, 6) is 0. The Labute approximate surface area is 98.3 Å². The normalized spacial score (nSPS) is 11.7. The van der Waals surface area contributed by atoms with Gasteiger partial charge in [-0.25, -0.2) is 4.98 Å². The molecule has 2 rings (SSSR count). The molecule has 0 fully saturated rings. The largest absolute Gasteiger partial charge is 0.434 e. The van der Waals surface area contributed by atoms with E-state index in [1.165, 1.54) is 6.20 Å². The van der Waals surface area contributed by atoms with E-state index in [1.807, 2.05) is 0 Å². The highest BCUT2D eigenvalue weighted by atomic mass is 32.1. The van der Waals surface area contributed by atoms with Gasteiger partial charge in [0.15, 0.2) is 10.8 Å². The number of nitrogens with one attached hydrogen (secondary N) is 1. The molecule has 0 radical (unpaired) electrons. The van der Waals surface area contributed by atoms with Gasteiger partial charge in [-0.3, -0.25) is 4.68 Å². The Morgan fingerprint density at radius 3 is 2.82 bits per heavy atom. The summed E-state index contributed by atoms with van der Waals surface area (Å²) in [4.78, 5) is 3.44. The summed E-state index contributed by atoms with van der Waals surface area (Å²) >= 11 is 0.926. The Balaban J connectivity index is 1.85. The fourth-order valence-electron chi connectivity index (χ4n) is 1.11. The molecule has 5 nitrogen and oxygen atoms in total. The number of thiazole rings is 1. The highest BCUT2D eigenvalue weighted by Crippen LogP contribution is 2.31. The number of hydrogen-bond acceptors (Lipinski definition) is 5. The summed E-state index contributed by atoms with van der Waals surface area (Å²) < 4.78 is 38.3. The molecule has 2 heterocycles. The zero-order valence-electron chi connectivity index (χ0n) is 8.48. The van der Waals surface area contributed by atoms with E-state index in [4.69, 9.17) is 0 Å². The van der Waals surface area contributed by atoms with Crippen molar-refractivity contribution in [1.82, 2.24) is 20.0 Å². The van der Waals surface area contributed by atoms with E-state index in [-0.39, 0.29) is 5.13 Å². The van der Waals surface area contributed by atoms with Gasteiger partial charge in [-0.2, -0.15) is 13.2 Å². The maximum Gasteiger partial charge on any atom is 0.434 e. The van der Waals surface area contributed by atoms with Crippen LogP contribution in [-0.2, 0) is 12.7 Å². The number of hydrogen-bond donors (Lipinski definition) is 1. The molecule has 0 saturated heterocycles. The van der Waals surface area contributed by atoms with Gasteiger partial charge in [-0.05, 0) is 0 Å². The lowest BCUT2D eigenvalue weighted by Crippen LogP contribution is -2.11. The molecule has 9 heteroatoms. The summed E-state index contributed by atoms with van der Waals surface area (Å²) in [6, 6.07) is 0. The van der Waals surface area contributed by atoms with E-state index in [0.29, 0.717) is 13.1 Å². The van der Waals surface area contributed by atoms with E-state index in [0.717, 1.165) is 16.7 Å². The minimum absolute atomic E-state index is 0.248. The van der Waals surface area contributed by atoms with Crippen LogP contribution < -0.4 is 5.32 Å². The van der Waals surface area contributed by atoms with Crippen molar-refractivity contribution in [2.45, 2.75) is 12.7 Å². The van der Waals surface area contributed by atoms with E-state index < -0.39 is 11.9 Å². The maximum atomic E-state index is 12.2. The minimum Gasteiger partial charge on any atom is -0.360 e. The fraction of sp³-hybridized carbons (Fsp3) is 0.375. The van der Waals surface area contributed by atoms with Crippen LogP contribution >= 0.6 is 11.3 Å². The summed E-state index contributed by atoms with van der Waals surface area (Å²) in [6.07, 6.45) is -1.18. The van der Waals surface area contributed by atoms with Gasteiger partial charge in [0.05, 0.1) is 12.7 Å². The van der Waals surface area contributed by atoms with Gasteiger partial charge in [-0.15, -0.1) is 16.4 Å². The van der Waals surface area contributed by atoms with Crippen molar-refractivity contribution in [2.24, 2.45) is 0 Å². The maximum absolute atomic E-state index is 12.2. The van der Waals surface area contributed by atoms with Crippen LogP contribution in [0, 0.1) is 0 Å². The molecule has 17 heavy (non-hydrogen) atoms. The Hall–Kier alpha value is -1.64.